The lowest BCUT2D eigenvalue weighted by Crippen LogP contribution is -2.30. The van der Waals surface area contributed by atoms with E-state index in [-0.39, 0.29) is 0 Å². The predicted molar refractivity (Wildman–Crippen MR) is 165 cm³/mol. The first-order valence-electron chi connectivity index (χ1n) is 13.8. The van der Waals surface area contributed by atoms with E-state index in [1.54, 1.807) is 37.5 Å². The molecular formula is C30H38N7O2P. The summed E-state index contributed by atoms with van der Waals surface area (Å²) in [5.74, 6) is 1.76. The number of aromatic nitrogens is 4. The van der Waals surface area contributed by atoms with Crippen LogP contribution in [0.5, 0.6) is 5.75 Å². The van der Waals surface area contributed by atoms with Gasteiger partial charge in [0.15, 0.2) is 0 Å². The van der Waals surface area contributed by atoms with Gasteiger partial charge in [-0.2, -0.15) is 10.1 Å². The van der Waals surface area contributed by atoms with Gasteiger partial charge in [-0.15, -0.1) is 0 Å². The molecule has 0 saturated carbocycles. The van der Waals surface area contributed by atoms with E-state index in [0.717, 1.165) is 53.1 Å². The van der Waals surface area contributed by atoms with E-state index in [1.165, 1.54) is 30.5 Å². The number of anilines is 5. The van der Waals surface area contributed by atoms with Crippen LogP contribution in [0.2, 0.25) is 0 Å². The van der Waals surface area contributed by atoms with Crippen LogP contribution in [0, 0.1) is 0 Å². The zero-order valence-electron chi connectivity index (χ0n) is 23.9. The topological polar surface area (TPSA) is 97.2 Å². The minimum absolute atomic E-state index is 0.426. The summed E-state index contributed by atoms with van der Waals surface area (Å²) in [6.45, 7) is 7.86. The van der Waals surface area contributed by atoms with E-state index in [1.807, 2.05) is 37.5 Å². The second-order valence-electron chi connectivity index (χ2n) is 10.6. The largest absolute Gasteiger partial charge is 0.494 e. The Morgan fingerprint density at radius 3 is 2.48 bits per heavy atom. The molecule has 0 spiro atoms. The van der Waals surface area contributed by atoms with Crippen molar-refractivity contribution >= 4 is 41.3 Å². The molecule has 2 N–H and O–H groups in total. The highest BCUT2D eigenvalue weighted by atomic mass is 31.2. The summed E-state index contributed by atoms with van der Waals surface area (Å²) in [4.78, 5) is 12.0. The molecule has 5 rings (SSSR count). The number of hydrogen-bond acceptors (Lipinski definition) is 8. The Morgan fingerprint density at radius 2 is 1.80 bits per heavy atom. The molecule has 2 aromatic heterocycles. The Kier molecular flexibility index (Phi) is 8.12. The van der Waals surface area contributed by atoms with Gasteiger partial charge in [-0.1, -0.05) is 19.1 Å². The highest BCUT2D eigenvalue weighted by molar-refractivity contribution is 7.70. The molecule has 0 aliphatic carbocycles. The number of aryl methyl sites for hydroxylation is 2. The Morgan fingerprint density at radius 1 is 1.02 bits per heavy atom. The highest BCUT2D eigenvalue weighted by Crippen LogP contribution is 2.40. The standard InChI is InChI=1S/C30H38N7O2P/c1-6-21-16-25(27(39-3)17-26(21)37-14-10-7-11-15-37)34-30-31-19-23(22-18-32-36(2)20-22)29(35-30)33-24-12-8-9-13-28(24)40(4,5)38/h8-9,12-13,16-20H,6-7,10-11,14-15H2,1-5H3,(H2,31,33,34,35). The normalized spacial score (nSPS) is 13.8. The number of rotatable bonds is 9. The number of benzene rings is 2. The SMILES string of the molecule is CCc1cc(Nc2ncc(-c3cnn(C)c3)c(Nc3ccccc3P(C)(C)=O)n2)c(OC)cc1N1CCCCC1. The molecule has 2 aromatic carbocycles. The quantitative estimate of drug-likeness (QED) is 0.235. The Hall–Kier alpha value is -3.84. The minimum atomic E-state index is -2.54. The summed E-state index contributed by atoms with van der Waals surface area (Å²) in [6.07, 6.45) is 10.1. The van der Waals surface area contributed by atoms with E-state index in [0.29, 0.717) is 11.8 Å². The van der Waals surface area contributed by atoms with Gasteiger partial charge < -0.3 is 24.8 Å². The van der Waals surface area contributed by atoms with Crippen molar-refractivity contribution in [1.82, 2.24) is 19.7 Å². The highest BCUT2D eigenvalue weighted by Gasteiger charge is 2.20. The molecule has 1 aliphatic rings. The molecule has 0 radical (unpaired) electrons. The Balaban J connectivity index is 1.54. The third-order valence-electron chi connectivity index (χ3n) is 7.27. The van der Waals surface area contributed by atoms with Crippen molar-refractivity contribution in [2.45, 2.75) is 32.6 Å². The van der Waals surface area contributed by atoms with Crippen molar-refractivity contribution < 1.29 is 9.30 Å². The molecule has 0 amide bonds. The second-order valence-corrected chi connectivity index (χ2v) is 13.7. The first-order valence-corrected chi connectivity index (χ1v) is 16.4. The molecule has 4 aromatic rings. The van der Waals surface area contributed by atoms with Gasteiger partial charge in [0.05, 0.1) is 24.7 Å². The fourth-order valence-electron chi connectivity index (χ4n) is 5.20. The fraction of sp³-hybridized carbons (Fsp3) is 0.367. The fourth-order valence-corrected chi connectivity index (χ4v) is 6.35. The van der Waals surface area contributed by atoms with Gasteiger partial charge in [0.2, 0.25) is 5.95 Å². The van der Waals surface area contributed by atoms with Crippen LogP contribution in [0.3, 0.4) is 0 Å². The number of piperidine rings is 1. The molecule has 1 fully saturated rings. The lowest BCUT2D eigenvalue weighted by Gasteiger charge is -2.31. The summed E-state index contributed by atoms with van der Waals surface area (Å²) in [5, 5.41) is 11.9. The number of ether oxygens (including phenoxy) is 1. The van der Waals surface area contributed by atoms with Crippen molar-refractivity contribution in [3.05, 3.63) is 60.6 Å². The van der Waals surface area contributed by atoms with Crippen LogP contribution in [0.25, 0.3) is 11.1 Å². The van der Waals surface area contributed by atoms with Gasteiger partial charge in [0.1, 0.15) is 18.7 Å². The third kappa shape index (κ3) is 5.99. The van der Waals surface area contributed by atoms with Crippen molar-refractivity contribution in [3.63, 3.8) is 0 Å². The molecule has 0 bridgehead atoms. The first-order chi connectivity index (χ1) is 19.3. The zero-order valence-corrected chi connectivity index (χ0v) is 24.8. The average Bonchev–Trinajstić information content (AvgIpc) is 3.39. The lowest BCUT2D eigenvalue weighted by molar-refractivity contribution is 0.416. The van der Waals surface area contributed by atoms with Crippen LogP contribution in [0.4, 0.5) is 28.8 Å². The maximum absolute atomic E-state index is 13.1. The Labute approximate surface area is 236 Å². The molecule has 10 heteroatoms. The average molecular weight is 560 g/mol. The minimum Gasteiger partial charge on any atom is -0.494 e. The molecule has 1 saturated heterocycles. The van der Waals surface area contributed by atoms with Crippen molar-refractivity contribution in [1.29, 1.82) is 0 Å². The smallest absolute Gasteiger partial charge is 0.229 e. The molecule has 40 heavy (non-hydrogen) atoms. The molecular weight excluding hydrogens is 521 g/mol. The molecule has 1 aliphatic heterocycles. The predicted octanol–water partition coefficient (Wildman–Crippen LogP) is 6.17. The molecule has 210 valence electrons. The molecule has 9 nitrogen and oxygen atoms in total. The van der Waals surface area contributed by atoms with Crippen LogP contribution < -0.4 is 25.6 Å². The summed E-state index contributed by atoms with van der Waals surface area (Å²) < 4.78 is 20.6. The van der Waals surface area contributed by atoms with Crippen LogP contribution in [-0.2, 0) is 18.0 Å². The summed E-state index contributed by atoms with van der Waals surface area (Å²) in [6, 6.07) is 11.9. The van der Waals surface area contributed by atoms with Crippen LogP contribution >= 0.6 is 7.14 Å². The van der Waals surface area contributed by atoms with E-state index in [9.17, 15) is 4.57 Å². The zero-order chi connectivity index (χ0) is 28.3. The number of para-hydroxylation sites is 1. The van der Waals surface area contributed by atoms with Gasteiger partial charge in [-0.3, -0.25) is 4.68 Å². The van der Waals surface area contributed by atoms with Crippen molar-refractivity contribution in [2.75, 3.05) is 49.1 Å². The summed E-state index contributed by atoms with van der Waals surface area (Å²) in [7, 11) is 1.03. The monoisotopic (exact) mass is 559 g/mol. The van der Waals surface area contributed by atoms with Gasteiger partial charge in [-0.25, -0.2) is 4.98 Å². The van der Waals surface area contributed by atoms with Crippen molar-refractivity contribution in [3.8, 4) is 16.9 Å². The third-order valence-corrected chi connectivity index (χ3v) is 8.82. The van der Waals surface area contributed by atoms with Gasteiger partial charge in [0, 0.05) is 60.7 Å². The Bertz CT molecular complexity index is 1540. The maximum atomic E-state index is 13.1. The van der Waals surface area contributed by atoms with Gasteiger partial charge in [-0.05, 0) is 62.8 Å². The van der Waals surface area contributed by atoms with Gasteiger partial charge in [0.25, 0.3) is 0 Å². The maximum Gasteiger partial charge on any atom is 0.229 e. The van der Waals surface area contributed by atoms with E-state index >= 15 is 0 Å². The van der Waals surface area contributed by atoms with Crippen LogP contribution in [0.1, 0.15) is 31.7 Å². The molecule has 3 heterocycles. The number of methoxy groups -OCH3 is 1. The number of hydrogen-bond donors (Lipinski definition) is 2. The second kappa shape index (κ2) is 11.7. The molecule has 0 atom stereocenters. The van der Waals surface area contributed by atoms with E-state index in [2.05, 4.69) is 44.7 Å². The number of nitrogens with one attached hydrogen (secondary N) is 2. The number of nitrogens with zero attached hydrogens (tertiary/aromatic N) is 5. The molecule has 0 unspecified atom stereocenters. The summed E-state index contributed by atoms with van der Waals surface area (Å²) >= 11 is 0. The van der Waals surface area contributed by atoms with Crippen LogP contribution in [0.15, 0.2) is 55.0 Å². The lowest BCUT2D eigenvalue weighted by atomic mass is 10.0. The van der Waals surface area contributed by atoms with E-state index in [4.69, 9.17) is 9.72 Å². The first kappa shape index (κ1) is 27.7. The van der Waals surface area contributed by atoms with Gasteiger partial charge >= 0.3 is 0 Å². The summed E-state index contributed by atoms with van der Waals surface area (Å²) in [5.41, 5.74) is 5.72. The van der Waals surface area contributed by atoms with E-state index < -0.39 is 7.14 Å². The van der Waals surface area contributed by atoms with Crippen LogP contribution in [-0.4, -0.2) is 53.3 Å². The van der Waals surface area contributed by atoms with Crippen molar-refractivity contribution in [2.24, 2.45) is 7.05 Å².